The molecule has 0 spiro atoms. The van der Waals surface area contributed by atoms with E-state index in [1.54, 1.807) is 0 Å². The van der Waals surface area contributed by atoms with E-state index in [-0.39, 0.29) is 5.56 Å². The first-order chi connectivity index (χ1) is 8.28. The Hall–Kier alpha value is -1.16. The van der Waals surface area contributed by atoms with Crippen molar-refractivity contribution in [3.63, 3.8) is 0 Å². The number of fused-ring (bicyclic) bond motifs is 1. The van der Waals surface area contributed by atoms with Crippen molar-refractivity contribution in [2.75, 3.05) is 13.1 Å². The third-order valence-corrected chi connectivity index (χ3v) is 3.67. The largest absolute Gasteiger partial charge is 0.310 e. The van der Waals surface area contributed by atoms with Gasteiger partial charge in [-0.25, -0.2) is 4.98 Å². The first-order valence-electron chi connectivity index (χ1n) is 6.62. The fourth-order valence-electron chi connectivity index (χ4n) is 2.57. The van der Waals surface area contributed by atoms with E-state index in [0.717, 1.165) is 49.6 Å². The maximum Gasteiger partial charge on any atom is 0.254 e. The number of hydrogen-bond donors (Lipinski definition) is 1. The van der Waals surface area contributed by atoms with Crippen molar-refractivity contribution in [1.29, 1.82) is 0 Å². The number of aromatic nitrogens is 2. The number of rotatable bonds is 3. The van der Waals surface area contributed by atoms with Gasteiger partial charge in [-0.15, -0.1) is 0 Å². The molecule has 3 rings (SSSR count). The summed E-state index contributed by atoms with van der Waals surface area (Å²) in [6.07, 6.45) is 4.37. The standard InChI is InChI=1S/C13H19N3O/c1-2-6-16-7-5-10-11(8-16)14-12(9-3-4-9)15-13(10)17/h9H,2-8H2,1H3,(H,14,15,17). The van der Waals surface area contributed by atoms with Gasteiger partial charge < -0.3 is 4.98 Å². The Morgan fingerprint density at radius 3 is 3.00 bits per heavy atom. The molecule has 0 amide bonds. The van der Waals surface area contributed by atoms with E-state index in [9.17, 15) is 4.79 Å². The smallest absolute Gasteiger partial charge is 0.254 e. The van der Waals surface area contributed by atoms with Gasteiger partial charge in [-0.05, 0) is 32.2 Å². The summed E-state index contributed by atoms with van der Waals surface area (Å²) in [7, 11) is 0. The van der Waals surface area contributed by atoms with Gasteiger partial charge in [0.2, 0.25) is 0 Å². The first-order valence-corrected chi connectivity index (χ1v) is 6.62. The van der Waals surface area contributed by atoms with Gasteiger partial charge in [-0.1, -0.05) is 6.92 Å². The molecule has 1 aliphatic carbocycles. The van der Waals surface area contributed by atoms with E-state index in [0.29, 0.717) is 5.92 Å². The minimum absolute atomic E-state index is 0.105. The van der Waals surface area contributed by atoms with E-state index in [4.69, 9.17) is 0 Å². The SMILES string of the molecule is CCCN1CCc2c(nc(C3CC3)[nH]c2=O)C1. The molecule has 0 atom stereocenters. The van der Waals surface area contributed by atoms with Crippen LogP contribution < -0.4 is 5.56 Å². The molecule has 4 heteroatoms. The molecule has 1 aromatic heterocycles. The molecule has 2 aliphatic rings. The number of aromatic amines is 1. The number of nitrogens with one attached hydrogen (secondary N) is 1. The normalized spacial score (nSPS) is 20.3. The van der Waals surface area contributed by atoms with Crippen molar-refractivity contribution in [2.45, 2.75) is 45.1 Å². The van der Waals surface area contributed by atoms with Crippen molar-refractivity contribution >= 4 is 0 Å². The molecule has 4 nitrogen and oxygen atoms in total. The van der Waals surface area contributed by atoms with Crippen LogP contribution in [-0.2, 0) is 13.0 Å². The molecule has 0 unspecified atom stereocenters. The summed E-state index contributed by atoms with van der Waals surface area (Å²) in [5, 5.41) is 0. The van der Waals surface area contributed by atoms with Gasteiger partial charge in [-0.2, -0.15) is 0 Å². The molecule has 0 bridgehead atoms. The molecule has 92 valence electrons. The lowest BCUT2D eigenvalue weighted by molar-refractivity contribution is 0.249. The van der Waals surface area contributed by atoms with E-state index in [1.807, 2.05) is 0 Å². The molecule has 1 saturated carbocycles. The van der Waals surface area contributed by atoms with Crippen molar-refractivity contribution in [3.8, 4) is 0 Å². The Morgan fingerprint density at radius 1 is 1.47 bits per heavy atom. The predicted molar refractivity (Wildman–Crippen MR) is 66.1 cm³/mol. The van der Waals surface area contributed by atoms with Crippen molar-refractivity contribution in [1.82, 2.24) is 14.9 Å². The predicted octanol–water partition coefficient (Wildman–Crippen LogP) is 1.42. The number of hydrogen-bond acceptors (Lipinski definition) is 3. The lowest BCUT2D eigenvalue weighted by Gasteiger charge is -2.27. The molecule has 2 heterocycles. The second kappa shape index (κ2) is 4.26. The fourth-order valence-corrected chi connectivity index (χ4v) is 2.57. The topological polar surface area (TPSA) is 49.0 Å². The quantitative estimate of drug-likeness (QED) is 0.859. The lowest BCUT2D eigenvalue weighted by Crippen LogP contribution is -2.36. The highest BCUT2D eigenvalue weighted by Crippen LogP contribution is 2.37. The van der Waals surface area contributed by atoms with E-state index < -0.39 is 0 Å². The summed E-state index contributed by atoms with van der Waals surface area (Å²) in [4.78, 5) is 22.0. The summed E-state index contributed by atoms with van der Waals surface area (Å²) in [6.45, 7) is 5.14. The average molecular weight is 233 g/mol. The second-order valence-corrected chi connectivity index (χ2v) is 5.18. The highest BCUT2D eigenvalue weighted by atomic mass is 16.1. The summed E-state index contributed by atoms with van der Waals surface area (Å²) in [6, 6.07) is 0. The minimum Gasteiger partial charge on any atom is -0.310 e. The zero-order valence-corrected chi connectivity index (χ0v) is 10.3. The lowest BCUT2D eigenvalue weighted by atomic mass is 10.1. The third-order valence-electron chi connectivity index (χ3n) is 3.67. The molecule has 17 heavy (non-hydrogen) atoms. The van der Waals surface area contributed by atoms with Gasteiger partial charge in [0, 0.05) is 24.6 Å². The van der Waals surface area contributed by atoms with Gasteiger partial charge in [0.1, 0.15) is 5.82 Å². The van der Waals surface area contributed by atoms with Crippen LogP contribution >= 0.6 is 0 Å². The monoisotopic (exact) mass is 233 g/mol. The average Bonchev–Trinajstić information content (AvgIpc) is 3.12. The van der Waals surface area contributed by atoms with Gasteiger partial charge in [0.25, 0.3) is 5.56 Å². The second-order valence-electron chi connectivity index (χ2n) is 5.18. The highest BCUT2D eigenvalue weighted by molar-refractivity contribution is 5.22. The molecular weight excluding hydrogens is 214 g/mol. The van der Waals surface area contributed by atoms with Gasteiger partial charge in [0.15, 0.2) is 0 Å². The highest BCUT2D eigenvalue weighted by Gasteiger charge is 2.28. The minimum atomic E-state index is 0.105. The van der Waals surface area contributed by atoms with Crippen LogP contribution in [0.4, 0.5) is 0 Å². The maximum atomic E-state index is 12.0. The fraction of sp³-hybridized carbons (Fsp3) is 0.692. The van der Waals surface area contributed by atoms with Crippen LogP contribution in [0.1, 0.15) is 49.2 Å². The van der Waals surface area contributed by atoms with Crippen LogP contribution in [0.25, 0.3) is 0 Å². The van der Waals surface area contributed by atoms with Gasteiger partial charge in [-0.3, -0.25) is 9.69 Å². The maximum absolute atomic E-state index is 12.0. The van der Waals surface area contributed by atoms with E-state index >= 15 is 0 Å². The number of nitrogens with zero attached hydrogens (tertiary/aromatic N) is 2. The molecule has 1 fully saturated rings. The Labute approximate surface area is 101 Å². The molecule has 0 radical (unpaired) electrons. The van der Waals surface area contributed by atoms with Crippen LogP contribution in [0.5, 0.6) is 0 Å². The molecule has 1 N–H and O–H groups in total. The van der Waals surface area contributed by atoms with Crippen LogP contribution in [0, 0.1) is 0 Å². The zero-order valence-electron chi connectivity index (χ0n) is 10.3. The summed E-state index contributed by atoms with van der Waals surface area (Å²) >= 11 is 0. The first kappa shape index (κ1) is 11.0. The van der Waals surface area contributed by atoms with Gasteiger partial charge in [0.05, 0.1) is 5.69 Å². The molecule has 0 aromatic carbocycles. The van der Waals surface area contributed by atoms with E-state index in [1.165, 1.54) is 12.8 Å². The molecule has 0 saturated heterocycles. The van der Waals surface area contributed by atoms with Crippen LogP contribution in [0.15, 0.2) is 4.79 Å². The molecular formula is C13H19N3O. The summed E-state index contributed by atoms with van der Waals surface area (Å²) in [5.74, 6) is 1.45. The van der Waals surface area contributed by atoms with Crippen LogP contribution in [0.2, 0.25) is 0 Å². The third kappa shape index (κ3) is 2.14. The van der Waals surface area contributed by atoms with Crippen molar-refractivity contribution < 1.29 is 0 Å². The Morgan fingerprint density at radius 2 is 2.29 bits per heavy atom. The molecule has 1 aliphatic heterocycles. The summed E-state index contributed by atoms with van der Waals surface area (Å²) in [5.41, 5.74) is 2.05. The Kier molecular flexibility index (Phi) is 2.74. The Bertz CT molecular complexity index is 476. The summed E-state index contributed by atoms with van der Waals surface area (Å²) < 4.78 is 0. The number of H-pyrrole nitrogens is 1. The van der Waals surface area contributed by atoms with Gasteiger partial charge >= 0.3 is 0 Å². The van der Waals surface area contributed by atoms with Crippen LogP contribution in [-0.4, -0.2) is 28.0 Å². The molecule has 1 aromatic rings. The van der Waals surface area contributed by atoms with Crippen molar-refractivity contribution in [2.24, 2.45) is 0 Å². The van der Waals surface area contributed by atoms with Crippen molar-refractivity contribution in [3.05, 3.63) is 27.4 Å². The van der Waals surface area contributed by atoms with Crippen LogP contribution in [0.3, 0.4) is 0 Å². The van der Waals surface area contributed by atoms with E-state index in [2.05, 4.69) is 21.8 Å². The zero-order chi connectivity index (χ0) is 11.8. The Balaban J connectivity index is 1.91.